The number of fused-ring (bicyclic) bond motifs is 2. The summed E-state index contributed by atoms with van der Waals surface area (Å²) in [4.78, 5) is 14.7. The first-order valence-corrected chi connectivity index (χ1v) is 13.5. The number of anilines is 2. The van der Waals surface area contributed by atoms with Crippen LogP contribution in [0.5, 0.6) is 0 Å². The molecule has 1 spiro atoms. The van der Waals surface area contributed by atoms with Crippen LogP contribution < -0.4 is 9.62 Å². The Kier molecular flexibility index (Phi) is 5.67. The maximum Gasteiger partial charge on any atom is 0.240 e. The normalized spacial score (nSPS) is 17.8. The number of nitrogens with zero attached hydrogens (tertiary/aromatic N) is 4. The highest BCUT2D eigenvalue weighted by Crippen LogP contribution is 2.47. The Labute approximate surface area is 197 Å². The molecule has 0 aliphatic carbocycles. The maximum absolute atomic E-state index is 12.6. The van der Waals surface area contributed by atoms with E-state index < -0.39 is 10.0 Å². The van der Waals surface area contributed by atoms with Crippen molar-refractivity contribution in [1.82, 2.24) is 15.1 Å². The van der Waals surface area contributed by atoms with Crippen molar-refractivity contribution in [1.29, 1.82) is 0 Å². The molecule has 2 aliphatic heterocycles. The summed E-state index contributed by atoms with van der Waals surface area (Å²) in [7, 11) is -3.33. The molecule has 0 saturated carbocycles. The van der Waals surface area contributed by atoms with E-state index in [1.807, 2.05) is 54.6 Å². The molecule has 172 valence electrons. The first kappa shape index (κ1) is 22.0. The molecule has 1 saturated heterocycles. The van der Waals surface area contributed by atoms with Crippen LogP contribution in [-0.2, 0) is 20.2 Å². The lowest BCUT2D eigenvalue weighted by atomic mass is 9.74. The lowest BCUT2D eigenvalue weighted by molar-refractivity contribution is -0.117. The van der Waals surface area contributed by atoms with Crippen LogP contribution in [0.3, 0.4) is 0 Å². The van der Waals surface area contributed by atoms with Gasteiger partial charge in [-0.3, -0.25) is 19.3 Å². The number of hydrogen-bond donors (Lipinski definition) is 1. The minimum Gasteiger partial charge on any atom is -0.299 e. The number of benzene rings is 2. The van der Waals surface area contributed by atoms with Crippen molar-refractivity contribution in [3.63, 3.8) is 0 Å². The first-order chi connectivity index (χ1) is 15.8. The van der Waals surface area contributed by atoms with Crippen LogP contribution in [0.4, 0.5) is 10.8 Å². The highest BCUT2D eigenvalue weighted by molar-refractivity contribution is 7.92. The predicted molar refractivity (Wildman–Crippen MR) is 130 cm³/mol. The summed E-state index contributed by atoms with van der Waals surface area (Å²) >= 11 is 1.35. The Hall–Kier alpha value is -2.82. The van der Waals surface area contributed by atoms with Crippen LogP contribution in [0.1, 0.15) is 18.4 Å². The number of nitrogens with one attached hydrogen (secondary N) is 1. The van der Waals surface area contributed by atoms with Crippen LogP contribution in [0.25, 0.3) is 10.6 Å². The van der Waals surface area contributed by atoms with Gasteiger partial charge in [0, 0.05) is 17.5 Å². The maximum atomic E-state index is 12.6. The summed E-state index contributed by atoms with van der Waals surface area (Å²) in [6.45, 7) is 2.20. The SMILES string of the molecule is CS(=O)(=O)N1CC2(CCN(CC(=O)Nc3nnc(-c4ccccc4)s3)CC2)c2ccccc21. The molecule has 2 aromatic carbocycles. The van der Waals surface area contributed by atoms with Gasteiger partial charge in [-0.1, -0.05) is 59.9 Å². The third-order valence-corrected chi connectivity index (χ3v) is 8.48. The predicted octanol–water partition coefficient (Wildman–Crippen LogP) is 2.96. The molecule has 1 N–H and O–H groups in total. The van der Waals surface area contributed by atoms with E-state index in [1.165, 1.54) is 21.9 Å². The monoisotopic (exact) mass is 483 g/mol. The largest absolute Gasteiger partial charge is 0.299 e. The fraction of sp³-hybridized carbons (Fsp3) is 0.348. The number of aromatic nitrogens is 2. The van der Waals surface area contributed by atoms with E-state index in [9.17, 15) is 13.2 Å². The molecule has 10 heteroatoms. The minimum absolute atomic E-state index is 0.119. The van der Waals surface area contributed by atoms with Gasteiger partial charge in [0.15, 0.2) is 0 Å². The average Bonchev–Trinajstić information content (AvgIpc) is 3.39. The molecular formula is C23H25N5O3S2. The Morgan fingerprint density at radius 1 is 1.06 bits per heavy atom. The second kappa shape index (κ2) is 8.51. The van der Waals surface area contributed by atoms with E-state index in [0.29, 0.717) is 11.7 Å². The lowest BCUT2D eigenvalue weighted by Gasteiger charge is -2.39. The quantitative estimate of drug-likeness (QED) is 0.600. The van der Waals surface area contributed by atoms with Crippen molar-refractivity contribution in [2.45, 2.75) is 18.3 Å². The summed E-state index contributed by atoms with van der Waals surface area (Å²) in [5, 5.41) is 12.4. The molecule has 3 heterocycles. The third kappa shape index (κ3) is 4.38. The lowest BCUT2D eigenvalue weighted by Crippen LogP contribution is -2.47. The fourth-order valence-electron chi connectivity index (χ4n) is 4.78. The second-order valence-electron chi connectivity index (χ2n) is 8.67. The molecule has 1 amide bonds. The molecule has 33 heavy (non-hydrogen) atoms. The zero-order valence-corrected chi connectivity index (χ0v) is 19.9. The Bertz CT molecular complexity index is 1270. The molecule has 8 nitrogen and oxygen atoms in total. The van der Waals surface area contributed by atoms with Gasteiger partial charge in [0.25, 0.3) is 0 Å². The molecule has 3 aromatic rings. The minimum atomic E-state index is -3.33. The zero-order chi connectivity index (χ0) is 23.1. The van der Waals surface area contributed by atoms with Gasteiger partial charge in [0.05, 0.1) is 18.5 Å². The molecule has 1 fully saturated rings. The summed E-state index contributed by atoms with van der Waals surface area (Å²) in [6.07, 6.45) is 2.87. The molecule has 1 aromatic heterocycles. The highest BCUT2D eigenvalue weighted by Gasteiger charge is 2.46. The number of rotatable bonds is 5. The van der Waals surface area contributed by atoms with Gasteiger partial charge in [0.1, 0.15) is 5.01 Å². The summed E-state index contributed by atoms with van der Waals surface area (Å²) in [6, 6.07) is 17.5. The molecule has 0 atom stereocenters. The van der Waals surface area contributed by atoms with E-state index >= 15 is 0 Å². The van der Waals surface area contributed by atoms with Gasteiger partial charge in [-0.2, -0.15) is 0 Å². The fourth-order valence-corrected chi connectivity index (χ4v) is 6.54. The van der Waals surface area contributed by atoms with Gasteiger partial charge in [-0.25, -0.2) is 8.42 Å². The van der Waals surface area contributed by atoms with Gasteiger partial charge >= 0.3 is 0 Å². The number of sulfonamides is 1. The van der Waals surface area contributed by atoms with Crippen LogP contribution in [-0.4, -0.2) is 61.9 Å². The van der Waals surface area contributed by atoms with E-state index in [-0.39, 0.29) is 17.9 Å². The van der Waals surface area contributed by atoms with Gasteiger partial charge in [0.2, 0.25) is 21.1 Å². The van der Waals surface area contributed by atoms with Crippen molar-refractivity contribution in [3.8, 4) is 10.6 Å². The third-order valence-electron chi connectivity index (χ3n) is 6.46. The Morgan fingerprint density at radius 2 is 1.76 bits per heavy atom. The van der Waals surface area contributed by atoms with Crippen LogP contribution >= 0.6 is 11.3 Å². The first-order valence-electron chi connectivity index (χ1n) is 10.8. The Morgan fingerprint density at radius 3 is 2.48 bits per heavy atom. The van der Waals surface area contributed by atoms with Crippen molar-refractivity contribution in [3.05, 3.63) is 60.2 Å². The van der Waals surface area contributed by atoms with Gasteiger partial charge < -0.3 is 0 Å². The van der Waals surface area contributed by atoms with Gasteiger partial charge in [-0.05, 0) is 37.6 Å². The summed E-state index contributed by atoms with van der Waals surface area (Å²) in [5.74, 6) is -0.119. The molecule has 0 radical (unpaired) electrons. The number of piperidine rings is 1. The van der Waals surface area contributed by atoms with Crippen molar-refractivity contribution in [2.75, 3.05) is 42.1 Å². The van der Waals surface area contributed by atoms with Crippen molar-refractivity contribution < 1.29 is 13.2 Å². The molecule has 0 bridgehead atoms. The number of hydrogen-bond acceptors (Lipinski definition) is 7. The van der Waals surface area contributed by atoms with E-state index in [2.05, 4.69) is 20.4 Å². The van der Waals surface area contributed by atoms with Gasteiger partial charge in [-0.15, -0.1) is 10.2 Å². The standard InChI is InChI=1S/C23H25N5O3S2/c1-33(30,31)28-16-23(18-9-5-6-10-19(18)28)11-13-27(14-12-23)15-20(29)24-22-26-25-21(32-22)17-7-3-2-4-8-17/h2-10H,11-16H2,1H3,(H,24,26,29). The Balaban J connectivity index is 1.21. The molecular weight excluding hydrogens is 458 g/mol. The molecule has 5 rings (SSSR count). The second-order valence-corrected chi connectivity index (χ2v) is 11.6. The topological polar surface area (TPSA) is 95.5 Å². The van der Waals surface area contributed by atoms with E-state index in [4.69, 9.17) is 0 Å². The molecule has 2 aliphatic rings. The number of likely N-dealkylation sites (tertiary alicyclic amines) is 1. The van der Waals surface area contributed by atoms with E-state index in [1.54, 1.807) is 0 Å². The van der Waals surface area contributed by atoms with Crippen molar-refractivity contribution in [2.24, 2.45) is 0 Å². The van der Waals surface area contributed by atoms with Crippen molar-refractivity contribution >= 4 is 38.1 Å². The molecule has 0 unspecified atom stereocenters. The number of carbonyl (C=O) groups excluding carboxylic acids is 1. The summed E-state index contributed by atoms with van der Waals surface area (Å²) < 4.78 is 26.2. The zero-order valence-electron chi connectivity index (χ0n) is 18.3. The van der Waals surface area contributed by atoms with Crippen LogP contribution in [0.2, 0.25) is 0 Å². The summed E-state index contributed by atoms with van der Waals surface area (Å²) in [5.41, 5.74) is 2.66. The number of carbonyl (C=O) groups is 1. The number of para-hydroxylation sites is 1. The smallest absolute Gasteiger partial charge is 0.240 e. The number of amides is 1. The van der Waals surface area contributed by atoms with E-state index in [0.717, 1.165) is 47.8 Å². The average molecular weight is 484 g/mol. The highest BCUT2D eigenvalue weighted by atomic mass is 32.2. The van der Waals surface area contributed by atoms with Crippen LogP contribution in [0, 0.1) is 0 Å². The van der Waals surface area contributed by atoms with Crippen LogP contribution in [0.15, 0.2) is 54.6 Å².